The number of fused-ring (bicyclic) bond motifs is 2. The Labute approximate surface area is 179 Å². The number of amides is 2. The van der Waals surface area contributed by atoms with Crippen LogP contribution in [0.5, 0.6) is 5.75 Å². The molecule has 0 bridgehead atoms. The molecular formula is C23H21N3O3S. The molecule has 2 heterocycles. The number of ether oxygens (including phenoxy) is 1. The van der Waals surface area contributed by atoms with Gasteiger partial charge < -0.3 is 15.0 Å². The van der Waals surface area contributed by atoms with E-state index in [-0.39, 0.29) is 11.8 Å². The summed E-state index contributed by atoms with van der Waals surface area (Å²) in [7, 11) is 1.59. The summed E-state index contributed by atoms with van der Waals surface area (Å²) in [6, 6.07) is 16.4. The van der Waals surface area contributed by atoms with Gasteiger partial charge in [0.1, 0.15) is 10.8 Å². The van der Waals surface area contributed by atoms with Gasteiger partial charge in [0.2, 0.25) is 0 Å². The van der Waals surface area contributed by atoms with Crippen molar-refractivity contribution in [2.75, 3.05) is 18.6 Å². The zero-order valence-corrected chi connectivity index (χ0v) is 17.5. The molecule has 0 radical (unpaired) electrons. The molecule has 2 aromatic carbocycles. The van der Waals surface area contributed by atoms with E-state index >= 15 is 0 Å². The van der Waals surface area contributed by atoms with Crippen LogP contribution in [0.3, 0.4) is 0 Å². The molecule has 30 heavy (non-hydrogen) atoms. The number of rotatable bonds is 5. The van der Waals surface area contributed by atoms with Crippen molar-refractivity contribution in [3.05, 3.63) is 77.5 Å². The molecule has 0 aliphatic carbocycles. The molecule has 0 fully saturated rings. The predicted octanol–water partition coefficient (Wildman–Crippen LogP) is 4.15. The van der Waals surface area contributed by atoms with Gasteiger partial charge in [0.15, 0.2) is 0 Å². The highest BCUT2D eigenvalue weighted by molar-refractivity contribution is 7.99. The van der Waals surface area contributed by atoms with Crippen LogP contribution in [0.15, 0.2) is 70.7 Å². The number of methoxy groups -OCH3 is 1. The van der Waals surface area contributed by atoms with E-state index in [0.717, 1.165) is 16.1 Å². The van der Waals surface area contributed by atoms with Crippen molar-refractivity contribution in [1.82, 2.24) is 10.3 Å². The van der Waals surface area contributed by atoms with Gasteiger partial charge in [-0.2, -0.15) is 0 Å². The third-order valence-corrected chi connectivity index (χ3v) is 5.96. The van der Waals surface area contributed by atoms with Crippen LogP contribution in [-0.4, -0.2) is 30.5 Å². The highest BCUT2D eigenvalue weighted by Gasteiger charge is 2.27. The van der Waals surface area contributed by atoms with Gasteiger partial charge in [-0.3, -0.25) is 9.59 Å². The van der Waals surface area contributed by atoms with Gasteiger partial charge in [-0.15, -0.1) is 0 Å². The van der Waals surface area contributed by atoms with Crippen LogP contribution in [0.25, 0.3) is 0 Å². The van der Waals surface area contributed by atoms with E-state index in [2.05, 4.69) is 10.3 Å². The molecule has 0 atom stereocenters. The fraction of sp³-hybridized carbons (Fsp3) is 0.174. The SMILES string of the molecule is CCN1C(=O)c2cccnc2Sc2cc(CNC(=O)c3ccc(OC)cc3)ccc21. The van der Waals surface area contributed by atoms with Crippen molar-refractivity contribution in [2.45, 2.75) is 23.4 Å². The second-order valence-electron chi connectivity index (χ2n) is 6.72. The Hall–Kier alpha value is -3.32. The maximum atomic E-state index is 12.9. The van der Waals surface area contributed by atoms with Crippen LogP contribution >= 0.6 is 11.8 Å². The number of hydrogen-bond donors (Lipinski definition) is 1. The summed E-state index contributed by atoms with van der Waals surface area (Å²) in [5.41, 5.74) is 2.98. The molecule has 7 heteroatoms. The molecule has 152 valence electrons. The molecule has 0 unspecified atom stereocenters. The second-order valence-corrected chi connectivity index (χ2v) is 7.75. The van der Waals surface area contributed by atoms with E-state index in [0.29, 0.717) is 35.0 Å². The molecule has 1 aromatic heterocycles. The van der Waals surface area contributed by atoms with Gasteiger partial charge in [0.05, 0.1) is 18.4 Å². The lowest BCUT2D eigenvalue weighted by Gasteiger charge is -2.21. The number of nitrogens with zero attached hydrogens (tertiary/aromatic N) is 2. The Bertz CT molecular complexity index is 1100. The van der Waals surface area contributed by atoms with E-state index in [9.17, 15) is 9.59 Å². The first-order valence-corrected chi connectivity index (χ1v) is 10.4. The molecule has 0 spiro atoms. The Kier molecular flexibility index (Phi) is 5.72. The average Bonchev–Trinajstić information content (AvgIpc) is 2.90. The number of pyridine rings is 1. The average molecular weight is 420 g/mol. The van der Waals surface area contributed by atoms with Crippen molar-refractivity contribution in [2.24, 2.45) is 0 Å². The molecule has 6 nitrogen and oxygen atoms in total. The number of hydrogen-bond acceptors (Lipinski definition) is 5. The van der Waals surface area contributed by atoms with Crippen LogP contribution < -0.4 is 15.0 Å². The van der Waals surface area contributed by atoms with Gasteiger partial charge >= 0.3 is 0 Å². The number of anilines is 1. The smallest absolute Gasteiger partial charge is 0.261 e. The Morgan fingerprint density at radius 3 is 2.70 bits per heavy atom. The summed E-state index contributed by atoms with van der Waals surface area (Å²) >= 11 is 1.47. The summed E-state index contributed by atoms with van der Waals surface area (Å²) < 4.78 is 5.12. The molecule has 1 aliphatic heterocycles. The number of benzene rings is 2. The highest BCUT2D eigenvalue weighted by Crippen LogP contribution is 2.40. The number of carbonyl (C=O) groups is 2. The zero-order chi connectivity index (χ0) is 21.1. The minimum atomic E-state index is -0.155. The molecule has 0 saturated heterocycles. The third-order valence-electron chi connectivity index (χ3n) is 4.89. The van der Waals surface area contributed by atoms with Gasteiger partial charge in [0, 0.05) is 29.7 Å². The maximum Gasteiger partial charge on any atom is 0.261 e. The summed E-state index contributed by atoms with van der Waals surface area (Å²) in [6.45, 7) is 2.90. The van der Waals surface area contributed by atoms with E-state index in [1.807, 2.05) is 31.2 Å². The number of aromatic nitrogens is 1. The molecular weight excluding hydrogens is 398 g/mol. The van der Waals surface area contributed by atoms with Crippen molar-refractivity contribution >= 4 is 29.3 Å². The minimum absolute atomic E-state index is 0.0487. The van der Waals surface area contributed by atoms with Crippen LogP contribution in [0.2, 0.25) is 0 Å². The minimum Gasteiger partial charge on any atom is -0.497 e. The van der Waals surface area contributed by atoms with Crippen LogP contribution in [-0.2, 0) is 6.54 Å². The van der Waals surface area contributed by atoms with Crippen molar-refractivity contribution in [3.8, 4) is 5.75 Å². The fourth-order valence-corrected chi connectivity index (χ4v) is 4.39. The third kappa shape index (κ3) is 3.89. The maximum absolute atomic E-state index is 12.9. The number of nitrogens with one attached hydrogen (secondary N) is 1. The number of carbonyl (C=O) groups excluding carboxylic acids is 2. The molecule has 1 N–H and O–H groups in total. The molecule has 0 saturated carbocycles. The summed E-state index contributed by atoms with van der Waals surface area (Å²) in [5.74, 6) is 0.503. The lowest BCUT2D eigenvalue weighted by atomic mass is 10.1. The quantitative estimate of drug-likeness (QED) is 0.673. The van der Waals surface area contributed by atoms with Crippen LogP contribution in [0.1, 0.15) is 33.2 Å². The van der Waals surface area contributed by atoms with Crippen LogP contribution in [0.4, 0.5) is 5.69 Å². The van der Waals surface area contributed by atoms with Crippen molar-refractivity contribution < 1.29 is 14.3 Å². The van der Waals surface area contributed by atoms with E-state index in [1.165, 1.54) is 11.8 Å². The molecule has 1 aliphatic rings. The van der Waals surface area contributed by atoms with Gasteiger partial charge in [-0.1, -0.05) is 17.8 Å². The predicted molar refractivity (Wildman–Crippen MR) is 116 cm³/mol. The topological polar surface area (TPSA) is 71.5 Å². The van der Waals surface area contributed by atoms with Gasteiger partial charge in [-0.05, 0) is 61.0 Å². The van der Waals surface area contributed by atoms with Crippen LogP contribution in [0, 0.1) is 0 Å². The van der Waals surface area contributed by atoms with Crippen molar-refractivity contribution in [1.29, 1.82) is 0 Å². The second kappa shape index (κ2) is 8.59. The van der Waals surface area contributed by atoms with Gasteiger partial charge in [-0.25, -0.2) is 4.98 Å². The van der Waals surface area contributed by atoms with E-state index in [4.69, 9.17) is 4.74 Å². The zero-order valence-electron chi connectivity index (χ0n) is 16.7. The van der Waals surface area contributed by atoms with E-state index < -0.39 is 0 Å². The van der Waals surface area contributed by atoms with E-state index in [1.54, 1.807) is 48.5 Å². The Balaban J connectivity index is 1.55. The summed E-state index contributed by atoms with van der Waals surface area (Å²) in [6.07, 6.45) is 1.69. The molecule has 3 aromatic rings. The standard InChI is InChI=1S/C23H21N3O3S/c1-3-26-19-11-6-15(14-25-21(27)16-7-9-17(29-2)10-8-16)13-20(19)30-22-18(23(26)28)5-4-12-24-22/h4-13H,3,14H2,1-2H3,(H,25,27). The summed E-state index contributed by atoms with van der Waals surface area (Å²) in [5, 5.41) is 3.64. The van der Waals surface area contributed by atoms with Crippen molar-refractivity contribution in [3.63, 3.8) is 0 Å². The lowest BCUT2D eigenvalue weighted by Crippen LogP contribution is -2.30. The normalized spacial score (nSPS) is 12.6. The first-order valence-electron chi connectivity index (χ1n) is 9.60. The van der Waals surface area contributed by atoms with Gasteiger partial charge in [0.25, 0.3) is 11.8 Å². The molecule has 4 rings (SSSR count). The monoisotopic (exact) mass is 419 g/mol. The fourth-order valence-electron chi connectivity index (χ4n) is 3.31. The Morgan fingerprint density at radius 1 is 1.17 bits per heavy atom. The Morgan fingerprint density at radius 2 is 1.97 bits per heavy atom. The highest BCUT2D eigenvalue weighted by atomic mass is 32.2. The first-order chi connectivity index (χ1) is 14.6. The molecule has 2 amide bonds. The first kappa shape index (κ1) is 20.0. The lowest BCUT2D eigenvalue weighted by molar-refractivity contribution is 0.0949. The largest absolute Gasteiger partial charge is 0.497 e. The summed E-state index contributed by atoms with van der Waals surface area (Å²) in [4.78, 5) is 32.5.